The van der Waals surface area contributed by atoms with Crippen molar-refractivity contribution in [1.82, 2.24) is 0 Å². The maximum Gasteiger partial charge on any atom is 0.143 e. The molecular weight excluding hydrogens is 679 g/mol. The lowest BCUT2D eigenvalue weighted by molar-refractivity contribution is 0.673. The van der Waals surface area contributed by atoms with Crippen molar-refractivity contribution in [2.24, 2.45) is 0 Å². The van der Waals surface area contributed by atoms with Gasteiger partial charge in [0.1, 0.15) is 11.2 Å². The molecule has 0 amide bonds. The van der Waals surface area contributed by atoms with Crippen LogP contribution >= 0.6 is 0 Å². The van der Waals surface area contributed by atoms with Gasteiger partial charge in [-0.15, -0.1) is 0 Å². The number of benzene rings is 10. The Hall–Kier alpha value is -7.42. The summed E-state index contributed by atoms with van der Waals surface area (Å²) in [5.74, 6) is 0. The molecule has 0 atom stereocenters. The van der Waals surface area contributed by atoms with E-state index in [1.807, 2.05) is 0 Å². The third kappa shape index (κ3) is 5.51. The zero-order valence-electron chi connectivity index (χ0n) is 30.6. The van der Waals surface area contributed by atoms with Crippen molar-refractivity contribution in [2.75, 3.05) is 4.90 Å². The SMILES string of the molecule is c1cc(-c2ccc3ccccc3c2)cc(N(c2cccc(-c3ccc4ccccc4c3)c2)c2cccc(-c3cccc4oc5c6ccccc6ccc5c34)c2)c1. The summed E-state index contributed by atoms with van der Waals surface area (Å²) in [5, 5.41) is 9.51. The lowest BCUT2D eigenvalue weighted by Gasteiger charge is -2.27. The molecule has 0 unspecified atom stereocenters. The zero-order valence-corrected chi connectivity index (χ0v) is 30.6. The minimum absolute atomic E-state index is 0.891. The Morgan fingerprint density at radius 2 is 0.786 bits per heavy atom. The molecule has 0 radical (unpaired) electrons. The van der Waals surface area contributed by atoms with E-state index in [1.54, 1.807) is 0 Å². The second kappa shape index (κ2) is 13.2. The highest BCUT2D eigenvalue weighted by Crippen LogP contribution is 2.43. The molecule has 0 aliphatic carbocycles. The number of hydrogen-bond donors (Lipinski definition) is 0. The number of fused-ring (bicyclic) bond motifs is 7. The fraction of sp³-hybridized carbons (Fsp3) is 0. The van der Waals surface area contributed by atoms with Crippen molar-refractivity contribution in [3.8, 4) is 33.4 Å². The van der Waals surface area contributed by atoms with E-state index in [4.69, 9.17) is 4.42 Å². The van der Waals surface area contributed by atoms with Crippen LogP contribution in [0.25, 0.3) is 87.6 Å². The van der Waals surface area contributed by atoms with E-state index in [-0.39, 0.29) is 0 Å². The first-order valence-corrected chi connectivity index (χ1v) is 19.2. The molecule has 0 N–H and O–H groups in total. The van der Waals surface area contributed by atoms with Gasteiger partial charge in [-0.1, -0.05) is 152 Å². The molecule has 1 heterocycles. The number of hydrogen-bond acceptors (Lipinski definition) is 2. The van der Waals surface area contributed by atoms with Crippen LogP contribution in [0.4, 0.5) is 17.1 Å². The van der Waals surface area contributed by atoms with Crippen LogP contribution in [0.15, 0.2) is 217 Å². The van der Waals surface area contributed by atoms with Gasteiger partial charge in [0, 0.05) is 33.2 Å². The van der Waals surface area contributed by atoms with Gasteiger partial charge >= 0.3 is 0 Å². The van der Waals surface area contributed by atoms with Gasteiger partial charge < -0.3 is 9.32 Å². The molecule has 10 aromatic carbocycles. The maximum atomic E-state index is 6.60. The summed E-state index contributed by atoms with van der Waals surface area (Å²) in [6, 6.07) is 76.6. The predicted molar refractivity (Wildman–Crippen MR) is 237 cm³/mol. The highest BCUT2D eigenvalue weighted by atomic mass is 16.3. The molecule has 0 saturated heterocycles. The molecule has 0 saturated carbocycles. The topological polar surface area (TPSA) is 16.4 Å². The van der Waals surface area contributed by atoms with E-state index in [1.165, 1.54) is 49.2 Å². The van der Waals surface area contributed by atoms with E-state index in [0.29, 0.717) is 0 Å². The molecule has 0 bridgehead atoms. The first-order chi connectivity index (χ1) is 27.7. The molecule has 1 aromatic heterocycles. The van der Waals surface area contributed by atoms with Crippen molar-refractivity contribution in [2.45, 2.75) is 0 Å². The number of nitrogens with zero attached hydrogens (tertiary/aromatic N) is 1. The Kier molecular flexibility index (Phi) is 7.53. The summed E-state index contributed by atoms with van der Waals surface area (Å²) >= 11 is 0. The molecule has 56 heavy (non-hydrogen) atoms. The Morgan fingerprint density at radius 3 is 1.41 bits per heavy atom. The van der Waals surface area contributed by atoms with Crippen LogP contribution in [0, 0.1) is 0 Å². The summed E-state index contributed by atoms with van der Waals surface area (Å²) in [6.45, 7) is 0. The predicted octanol–water partition coefficient (Wildman–Crippen LogP) is 15.5. The molecular formula is C54H35NO. The fourth-order valence-electron chi connectivity index (χ4n) is 8.44. The Bertz CT molecular complexity index is 3160. The molecule has 0 fully saturated rings. The van der Waals surface area contributed by atoms with E-state index < -0.39 is 0 Å². The average Bonchev–Trinajstić information content (AvgIpc) is 3.66. The van der Waals surface area contributed by atoms with Gasteiger partial charge in [-0.3, -0.25) is 0 Å². The quantitative estimate of drug-likeness (QED) is 0.171. The van der Waals surface area contributed by atoms with E-state index in [0.717, 1.165) is 55.5 Å². The highest BCUT2D eigenvalue weighted by Gasteiger charge is 2.18. The summed E-state index contributed by atoms with van der Waals surface area (Å²) in [6.07, 6.45) is 0. The van der Waals surface area contributed by atoms with Gasteiger partial charge in [0.2, 0.25) is 0 Å². The van der Waals surface area contributed by atoms with Crippen LogP contribution in [0.1, 0.15) is 0 Å². The van der Waals surface area contributed by atoms with Crippen LogP contribution in [0.3, 0.4) is 0 Å². The van der Waals surface area contributed by atoms with Gasteiger partial charge in [-0.25, -0.2) is 0 Å². The maximum absolute atomic E-state index is 6.60. The van der Waals surface area contributed by atoms with Crippen LogP contribution < -0.4 is 4.90 Å². The highest BCUT2D eigenvalue weighted by molar-refractivity contribution is 6.19. The lowest BCUT2D eigenvalue weighted by Crippen LogP contribution is -2.10. The largest absolute Gasteiger partial charge is 0.455 e. The number of anilines is 3. The summed E-state index contributed by atoms with van der Waals surface area (Å²) in [5.41, 5.74) is 12.1. The van der Waals surface area contributed by atoms with E-state index in [2.05, 4.69) is 217 Å². The molecule has 11 rings (SSSR count). The third-order valence-electron chi connectivity index (χ3n) is 11.2. The van der Waals surface area contributed by atoms with E-state index in [9.17, 15) is 0 Å². The van der Waals surface area contributed by atoms with Crippen molar-refractivity contribution in [1.29, 1.82) is 0 Å². The first kappa shape index (κ1) is 32.0. The van der Waals surface area contributed by atoms with Gasteiger partial charge in [-0.05, 0) is 121 Å². The van der Waals surface area contributed by atoms with Crippen molar-refractivity contribution in [3.05, 3.63) is 212 Å². The molecule has 0 spiro atoms. The monoisotopic (exact) mass is 713 g/mol. The number of furan rings is 1. The Labute approximate surface area is 325 Å². The normalized spacial score (nSPS) is 11.6. The minimum Gasteiger partial charge on any atom is -0.455 e. The number of rotatable bonds is 6. The standard InChI is InChI=1S/C54H35NO/c1-3-14-39-31-43(27-25-36(39)11-1)41-16-7-19-46(33-41)55(47-20-8-17-42(34-47)44-28-26-37-12-2-4-15-40(37)32-44)48-21-9-18-45(35-48)49-23-10-24-52-53(49)51-30-29-38-13-5-6-22-50(38)54(51)56-52/h1-35H. The van der Waals surface area contributed by atoms with E-state index >= 15 is 0 Å². The summed E-state index contributed by atoms with van der Waals surface area (Å²) in [7, 11) is 0. The van der Waals surface area contributed by atoms with Gasteiger partial charge in [0.15, 0.2) is 0 Å². The van der Waals surface area contributed by atoms with Crippen LogP contribution in [0.2, 0.25) is 0 Å². The van der Waals surface area contributed by atoms with Crippen molar-refractivity contribution < 1.29 is 4.42 Å². The molecule has 0 aliphatic heterocycles. The van der Waals surface area contributed by atoms with Gasteiger partial charge in [0.05, 0.1) is 0 Å². The average molecular weight is 714 g/mol. The minimum atomic E-state index is 0.891. The second-order valence-corrected chi connectivity index (χ2v) is 14.6. The third-order valence-corrected chi connectivity index (χ3v) is 11.2. The fourth-order valence-corrected chi connectivity index (χ4v) is 8.44. The van der Waals surface area contributed by atoms with Gasteiger partial charge in [0.25, 0.3) is 0 Å². The molecule has 262 valence electrons. The Morgan fingerprint density at radius 1 is 0.304 bits per heavy atom. The van der Waals surface area contributed by atoms with Crippen LogP contribution in [-0.2, 0) is 0 Å². The van der Waals surface area contributed by atoms with Crippen LogP contribution in [-0.4, -0.2) is 0 Å². The Balaban J connectivity index is 1.08. The lowest BCUT2D eigenvalue weighted by atomic mass is 9.97. The van der Waals surface area contributed by atoms with Crippen molar-refractivity contribution in [3.63, 3.8) is 0 Å². The molecule has 2 heteroatoms. The first-order valence-electron chi connectivity index (χ1n) is 19.2. The molecule has 2 nitrogen and oxygen atoms in total. The van der Waals surface area contributed by atoms with Crippen molar-refractivity contribution >= 4 is 71.3 Å². The summed E-state index contributed by atoms with van der Waals surface area (Å²) in [4.78, 5) is 2.39. The second-order valence-electron chi connectivity index (χ2n) is 14.6. The summed E-state index contributed by atoms with van der Waals surface area (Å²) < 4.78 is 6.60. The molecule has 11 aromatic rings. The van der Waals surface area contributed by atoms with Crippen LogP contribution in [0.5, 0.6) is 0 Å². The molecule has 0 aliphatic rings. The zero-order chi connectivity index (χ0) is 37.0. The smallest absolute Gasteiger partial charge is 0.143 e. The van der Waals surface area contributed by atoms with Gasteiger partial charge in [-0.2, -0.15) is 0 Å².